The summed E-state index contributed by atoms with van der Waals surface area (Å²) >= 11 is 0. The molecule has 0 spiro atoms. The monoisotopic (exact) mass is 1450 g/mol. The predicted molar refractivity (Wildman–Crippen MR) is 339 cm³/mol. The van der Waals surface area contributed by atoms with Crippen molar-refractivity contribution >= 4 is 77.6 Å². The van der Waals surface area contributed by atoms with Gasteiger partial charge in [0.15, 0.2) is 61.6 Å². The quantitative estimate of drug-likeness (QED) is 0.0764. The Bertz CT molecular complexity index is 3280. The van der Waals surface area contributed by atoms with E-state index in [1.807, 2.05) is 13.8 Å². The highest BCUT2D eigenvalue weighted by Gasteiger charge is 2.67. The van der Waals surface area contributed by atoms with Gasteiger partial charge >= 0.3 is 77.6 Å². The van der Waals surface area contributed by atoms with E-state index in [0.29, 0.717) is 37.7 Å². The van der Waals surface area contributed by atoms with Gasteiger partial charge in [-0.2, -0.15) is 0 Å². The molecule has 3 saturated heterocycles. The van der Waals surface area contributed by atoms with Crippen molar-refractivity contribution in [3.63, 3.8) is 0 Å². The van der Waals surface area contributed by atoms with E-state index in [9.17, 15) is 62.3 Å². The minimum atomic E-state index is -2.13. The maximum atomic E-state index is 13.9. The average Bonchev–Trinajstić information content (AvgIpc) is 1.35. The van der Waals surface area contributed by atoms with Crippen LogP contribution < -0.4 is 0 Å². The Morgan fingerprint density at radius 3 is 1.31 bits per heavy atom. The van der Waals surface area contributed by atoms with Crippen LogP contribution in [0, 0.1) is 34.5 Å². The van der Waals surface area contributed by atoms with Gasteiger partial charge in [-0.15, -0.1) is 0 Å². The molecule has 25 atom stereocenters. The zero-order valence-corrected chi connectivity index (χ0v) is 60.6. The zero-order chi connectivity index (χ0) is 75.4. The number of esters is 13. The molecule has 3 saturated carbocycles. The van der Waals surface area contributed by atoms with E-state index in [-0.39, 0.29) is 36.5 Å². The summed E-state index contributed by atoms with van der Waals surface area (Å²) in [5.74, 6) is -11.6. The lowest BCUT2D eigenvalue weighted by molar-refractivity contribution is -0.390. The first-order chi connectivity index (χ1) is 47.7. The highest BCUT2D eigenvalue weighted by Crippen LogP contribution is 2.69. The fraction of sp³-hybridized carbons (Fsp3) is 0.757. The number of hydrogen-bond donors (Lipinski definition) is 0. The van der Waals surface area contributed by atoms with E-state index >= 15 is 0 Å². The first-order valence-electron chi connectivity index (χ1n) is 34.2. The van der Waals surface area contributed by atoms with Crippen LogP contribution in [0.4, 0.5) is 0 Å². The van der Waals surface area contributed by atoms with Crippen LogP contribution in [-0.2, 0) is 152 Å². The Kier molecular flexibility index (Phi) is 25.9. The molecule has 6 fully saturated rings. The molecule has 0 radical (unpaired) electrons. The molecule has 0 aromatic carbocycles. The van der Waals surface area contributed by atoms with Gasteiger partial charge < -0.3 is 90.0 Å². The van der Waals surface area contributed by atoms with Crippen molar-refractivity contribution in [2.45, 2.75) is 285 Å². The standard InChI is InChI=1S/C70H96O32/c1-30-24-54(99-64(83)31(30)2)70(17,102-43(14)82)52-21-20-47-46-19-18-44-25-45(26-53(87-35(6)74)69(44,16)48(46)22-23-68(47,52)15)95-65-63(94-42(13)81)60(101-67-62(93-41(12)80)59(91-39(10)78)56(89-37(8)76)50(98-67)28-85-33(4)72)57(51(96-65)29-86-34(5)73)100-66-61(92-40(11)79)58(90-38(9)77)55(88-36(7)75)49(97-66)27-84-32(3)71/h18,45-63,65-67H,19-29H2,1-17H3. The summed E-state index contributed by atoms with van der Waals surface area (Å²) in [4.78, 5) is 170. The van der Waals surface area contributed by atoms with Crippen LogP contribution >= 0.6 is 0 Å². The SMILES string of the molecule is CC(=O)OCC1OC(OC2C(COC(C)=O)OC(OC3CC4=CCC5C6CCC(C(C)(OC(C)=O)C7CC(C)=C(C)C(=O)O7)C6(C)CCC5C4(C)C(OC(C)=O)C3)C(OC(C)=O)C2OC2OC(COC(C)=O)C(OC(C)=O)C(OC(C)=O)C2OC(C)=O)C(OC(C)=O)C(OC(C)=O)C1OC(C)=O. The van der Waals surface area contributed by atoms with Gasteiger partial charge in [-0.05, 0) is 82.5 Å². The summed E-state index contributed by atoms with van der Waals surface area (Å²) in [6.07, 6.45) is -25.1. The van der Waals surface area contributed by atoms with Gasteiger partial charge in [0.05, 0.1) is 6.10 Å². The molecule has 4 aliphatic heterocycles. The van der Waals surface area contributed by atoms with E-state index in [0.717, 1.165) is 86.8 Å². The lowest BCUT2D eigenvalue weighted by Crippen LogP contribution is -2.69. The van der Waals surface area contributed by atoms with E-state index in [1.165, 1.54) is 13.8 Å². The van der Waals surface area contributed by atoms with Crippen LogP contribution in [-0.4, -0.2) is 213 Å². The topological polar surface area (TPSA) is 397 Å². The van der Waals surface area contributed by atoms with Crippen LogP contribution in [0.1, 0.15) is 169 Å². The van der Waals surface area contributed by atoms with Gasteiger partial charge in [0.25, 0.3) is 0 Å². The van der Waals surface area contributed by atoms with Crippen LogP contribution in [0.15, 0.2) is 22.8 Å². The molecule has 568 valence electrons. The number of ether oxygens (including phenoxy) is 19. The molecule has 102 heavy (non-hydrogen) atoms. The number of cyclic esters (lactones) is 1. The Morgan fingerprint density at radius 2 is 0.882 bits per heavy atom. The second kappa shape index (κ2) is 33.0. The van der Waals surface area contributed by atoms with Crippen molar-refractivity contribution in [1.29, 1.82) is 0 Å². The minimum Gasteiger partial charge on any atom is -0.463 e. The number of fused-ring (bicyclic) bond motifs is 5. The maximum absolute atomic E-state index is 13.9. The van der Waals surface area contributed by atoms with Crippen molar-refractivity contribution in [3.05, 3.63) is 22.8 Å². The highest BCUT2D eigenvalue weighted by molar-refractivity contribution is 5.89. The molecule has 32 heteroatoms. The summed E-state index contributed by atoms with van der Waals surface area (Å²) in [6, 6.07) is 0. The molecule has 0 aromatic heterocycles. The summed E-state index contributed by atoms with van der Waals surface area (Å²) in [7, 11) is 0. The molecule has 0 amide bonds. The van der Waals surface area contributed by atoms with E-state index < -0.39 is 224 Å². The van der Waals surface area contributed by atoms with Crippen LogP contribution in [0.25, 0.3) is 0 Å². The normalized spacial score (nSPS) is 36.8. The number of rotatable bonds is 23. The van der Waals surface area contributed by atoms with Gasteiger partial charge in [-0.25, -0.2) is 4.79 Å². The maximum Gasteiger partial charge on any atom is 0.334 e. The number of hydrogen-bond acceptors (Lipinski definition) is 32. The Morgan fingerprint density at radius 1 is 0.471 bits per heavy atom. The predicted octanol–water partition coefficient (Wildman–Crippen LogP) is 4.62. The van der Waals surface area contributed by atoms with Crippen LogP contribution in [0.2, 0.25) is 0 Å². The zero-order valence-electron chi connectivity index (χ0n) is 60.6. The second-order valence-corrected chi connectivity index (χ2v) is 28.1. The Labute approximate surface area is 590 Å². The molecule has 4 aliphatic carbocycles. The smallest absolute Gasteiger partial charge is 0.334 e. The highest BCUT2D eigenvalue weighted by atomic mass is 16.8. The molecular weight excluding hydrogens is 1350 g/mol. The van der Waals surface area contributed by atoms with Crippen LogP contribution in [0.3, 0.4) is 0 Å². The third-order valence-electron chi connectivity index (χ3n) is 21.0. The molecule has 0 bridgehead atoms. The third kappa shape index (κ3) is 18.1. The first-order valence-corrected chi connectivity index (χ1v) is 34.2. The lowest BCUT2D eigenvalue weighted by Gasteiger charge is -2.61. The molecule has 8 aliphatic rings. The van der Waals surface area contributed by atoms with Gasteiger partial charge in [-0.1, -0.05) is 31.1 Å². The molecule has 25 unspecified atom stereocenters. The fourth-order valence-electron chi connectivity index (χ4n) is 17.0. The van der Waals surface area contributed by atoms with Gasteiger partial charge in [0, 0.05) is 113 Å². The van der Waals surface area contributed by atoms with Gasteiger partial charge in [0.1, 0.15) is 68.1 Å². The van der Waals surface area contributed by atoms with Gasteiger partial charge in [-0.3, -0.25) is 57.5 Å². The average molecular weight is 1450 g/mol. The van der Waals surface area contributed by atoms with E-state index in [1.54, 1.807) is 6.92 Å². The van der Waals surface area contributed by atoms with E-state index in [4.69, 9.17) is 90.0 Å². The molecular formula is C70H96O32. The lowest BCUT2D eigenvalue weighted by atomic mass is 9.46. The summed E-state index contributed by atoms with van der Waals surface area (Å²) in [5, 5.41) is 0. The minimum absolute atomic E-state index is 0.0165. The van der Waals surface area contributed by atoms with Crippen molar-refractivity contribution in [3.8, 4) is 0 Å². The summed E-state index contributed by atoms with van der Waals surface area (Å²) in [6.45, 7) is 20.2. The molecule has 0 aromatic rings. The largest absolute Gasteiger partial charge is 0.463 e. The molecule has 8 rings (SSSR count). The Hall–Kier alpha value is -7.65. The molecule has 0 N–H and O–H groups in total. The fourth-order valence-corrected chi connectivity index (χ4v) is 17.0. The van der Waals surface area contributed by atoms with Crippen molar-refractivity contribution in [2.75, 3.05) is 19.8 Å². The summed E-state index contributed by atoms with van der Waals surface area (Å²) in [5.41, 5.74) is -0.230. The molecule has 32 nitrogen and oxygen atoms in total. The van der Waals surface area contributed by atoms with E-state index in [2.05, 4.69) is 19.9 Å². The number of carbonyl (C=O) groups excluding carboxylic acids is 13. The molecule has 4 heterocycles. The summed E-state index contributed by atoms with van der Waals surface area (Å²) < 4.78 is 116. The van der Waals surface area contributed by atoms with Crippen LogP contribution in [0.5, 0.6) is 0 Å². The van der Waals surface area contributed by atoms with Crippen molar-refractivity contribution in [2.24, 2.45) is 34.5 Å². The Balaban J connectivity index is 1.25. The third-order valence-corrected chi connectivity index (χ3v) is 21.0. The first kappa shape index (κ1) is 80.0. The number of allylic oxidation sites excluding steroid dienone is 1. The van der Waals surface area contributed by atoms with Crippen molar-refractivity contribution < 1.29 is 152 Å². The van der Waals surface area contributed by atoms with Crippen molar-refractivity contribution in [1.82, 2.24) is 0 Å². The number of carbonyl (C=O) groups is 13. The van der Waals surface area contributed by atoms with Gasteiger partial charge in [0.2, 0.25) is 0 Å². The second-order valence-electron chi connectivity index (χ2n) is 28.1.